The summed E-state index contributed by atoms with van der Waals surface area (Å²) in [5.74, 6) is 0.143. The fourth-order valence-corrected chi connectivity index (χ4v) is 7.20. The van der Waals surface area contributed by atoms with Gasteiger partial charge in [-0.25, -0.2) is 9.18 Å². The number of anilines is 1. The fraction of sp³-hybridized carbons (Fsp3) is 0.538. The summed E-state index contributed by atoms with van der Waals surface area (Å²) in [6, 6.07) is 14.7. The van der Waals surface area contributed by atoms with Gasteiger partial charge < -0.3 is 19.1 Å². The molecule has 2 fully saturated rings. The van der Waals surface area contributed by atoms with E-state index in [0.717, 1.165) is 64.6 Å². The smallest absolute Gasteiger partial charge is 0.340 e. The lowest BCUT2D eigenvalue weighted by Crippen LogP contribution is -2.34. The third-order valence-electron chi connectivity index (χ3n) is 9.26. The molecule has 1 aromatic heterocycles. The number of ether oxygens (including phenoxy) is 3. The van der Waals surface area contributed by atoms with Crippen molar-refractivity contribution in [3.8, 4) is 16.9 Å². The lowest BCUT2D eigenvalue weighted by Gasteiger charge is -2.36. The van der Waals surface area contributed by atoms with Gasteiger partial charge in [-0.05, 0) is 109 Å². The number of aromatic nitrogens is 1. The normalized spacial score (nSPS) is 17.0. The number of halogens is 1. The largest absolute Gasteiger partial charge is 0.493 e. The van der Waals surface area contributed by atoms with Crippen LogP contribution < -0.4 is 9.64 Å². The Morgan fingerprint density at radius 2 is 1.63 bits per heavy atom. The van der Waals surface area contributed by atoms with E-state index in [0.29, 0.717) is 18.4 Å². The highest BCUT2D eigenvalue weighted by molar-refractivity contribution is 5.88. The summed E-state index contributed by atoms with van der Waals surface area (Å²) in [7, 11) is 0. The van der Waals surface area contributed by atoms with Gasteiger partial charge in [0.25, 0.3) is 0 Å². The van der Waals surface area contributed by atoms with E-state index < -0.39 is 11.7 Å². The maximum Gasteiger partial charge on any atom is 0.340 e. The predicted molar refractivity (Wildman–Crippen MR) is 182 cm³/mol. The number of nitrogens with zero attached hydrogens (tertiary/aromatic N) is 2. The molecule has 0 N–H and O–H groups in total. The molecule has 6 nitrogen and oxygen atoms in total. The maximum atomic E-state index is 13.8. The average Bonchev–Trinajstić information content (AvgIpc) is 3.39. The molecule has 7 heteroatoms. The van der Waals surface area contributed by atoms with Crippen LogP contribution >= 0.6 is 0 Å². The number of carbonyl (C=O) groups excluding carboxylic acids is 1. The van der Waals surface area contributed by atoms with Gasteiger partial charge in [-0.3, -0.25) is 4.98 Å². The van der Waals surface area contributed by atoms with Crippen LogP contribution in [0.3, 0.4) is 0 Å². The van der Waals surface area contributed by atoms with Crippen molar-refractivity contribution in [2.45, 2.75) is 111 Å². The predicted octanol–water partition coefficient (Wildman–Crippen LogP) is 9.09. The van der Waals surface area contributed by atoms with Crippen molar-refractivity contribution in [1.82, 2.24) is 4.98 Å². The van der Waals surface area contributed by atoms with Crippen LogP contribution in [0.25, 0.3) is 11.1 Å². The van der Waals surface area contributed by atoms with Gasteiger partial charge in [0.2, 0.25) is 0 Å². The molecule has 1 saturated carbocycles. The number of pyridine rings is 1. The Hall–Kier alpha value is -3.45. The van der Waals surface area contributed by atoms with Crippen LogP contribution in [0.5, 0.6) is 5.75 Å². The lowest BCUT2D eigenvalue weighted by molar-refractivity contribution is -0.171. The van der Waals surface area contributed by atoms with Crippen LogP contribution in [-0.2, 0) is 20.7 Å². The molecule has 1 aliphatic heterocycles. The molecule has 2 aliphatic rings. The van der Waals surface area contributed by atoms with Gasteiger partial charge in [-0.1, -0.05) is 43.5 Å². The van der Waals surface area contributed by atoms with Crippen LogP contribution in [0, 0.1) is 25.1 Å². The topological polar surface area (TPSA) is 60.9 Å². The Balaban J connectivity index is 1.54. The van der Waals surface area contributed by atoms with Gasteiger partial charge in [0.05, 0.1) is 24.0 Å². The van der Waals surface area contributed by atoms with Gasteiger partial charge in [0.1, 0.15) is 11.6 Å². The first kappa shape index (κ1) is 33.9. The zero-order valence-corrected chi connectivity index (χ0v) is 28.7. The van der Waals surface area contributed by atoms with Gasteiger partial charge >= 0.3 is 5.97 Å². The molecular weight excluding hydrogens is 579 g/mol. The number of hydrogen-bond donors (Lipinski definition) is 0. The minimum Gasteiger partial charge on any atom is -0.493 e. The monoisotopic (exact) mass is 630 g/mol. The summed E-state index contributed by atoms with van der Waals surface area (Å²) in [6.07, 6.45) is 7.02. The van der Waals surface area contributed by atoms with Crippen LogP contribution in [0.4, 0.5) is 10.1 Å². The summed E-state index contributed by atoms with van der Waals surface area (Å²) >= 11 is 0. The fourth-order valence-electron chi connectivity index (χ4n) is 7.20. The Morgan fingerprint density at radius 3 is 2.26 bits per heavy atom. The maximum absolute atomic E-state index is 13.8. The highest BCUT2D eigenvalue weighted by atomic mass is 19.1. The van der Waals surface area contributed by atoms with Gasteiger partial charge in [0, 0.05) is 42.0 Å². The summed E-state index contributed by atoms with van der Waals surface area (Å²) in [5, 5.41) is 0. The molecule has 248 valence electrons. The zero-order valence-electron chi connectivity index (χ0n) is 28.7. The van der Waals surface area contributed by atoms with Crippen LogP contribution in [-0.4, -0.2) is 42.4 Å². The third kappa shape index (κ3) is 8.09. The van der Waals surface area contributed by atoms with Crippen molar-refractivity contribution in [2.24, 2.45) is 5.41 Å². The van der Waals surface area contributed by atoms with E-state index in [1.54, 1.807) is 12.1 Å². The minimum atomic E-state index is -0.916. The molecule has 1 spiro atoms. The van der Waals surface area contributed by atoms with Crippen molar-refractivity contribution in [3.05, 3.63) is 76.9 Å². The number of esters is 1. The first-order chi connectivity index (χ1) is 21.8. The second kappa shape index (κ2) is 14.1. The number of benzene rings is 2. The second-order valence-electron chi connectivity index (χ2n) is 14.5. The molecule has 5 rings (SSSR count). The van der Waals surface area contributed by atoms with Crippen molar-refractivity contribution < 1.29 is 23.4 Å². The first-order valence-electron chi connectivity index (χ1n) is 17.0. The van der Waals surface area contributed by atoms with E-state index in [4.69, 9.17) is 19.2 Å². The van der Waals surface area contributed by atoms with Crippen LogP contribution in [0.15, 0.2) is 48.5 Å². The van der Waals surface area contributed by atoms with Crippen molar-refractivity contribution in [3.63, 3.8) is 0 Å². The Kier molecular flexibility index (Phi) is 10.4. The van der Waals surface area contributed by atoms with Crippen molar-refractivity contribution in [1.29, 1.82) is 0 Å². The van der Waals surface area contributed by atoms with E-state index in [9.17, 15) is 9.18 Å². The minimum absolute atomic E-state index is 0.236. The van der Waals surface area contributed by atoms with Crippen molar-refractivity contribution in [2.75, 3.05) is 24.6 Å². The molecule has 1 unspecified atom stereocenters. The Morgan fingerprint density at radius 1 is 0.957 bits per heavy atom. The van der Waals surface area contributed by atoms with Gasteiger partial charge in [-0.15, -0.1) is 0 Å². The number of carbonyl (C=O) groups is 1. The van der Waals surface area contributed by atoms with Crippen LogP contribution in [0.2, 0.25) is 0 Å². The molecule has 1 aliphatic carbocycles. The standard InChI is InChI=1S/C39H51FN2O4/c1-26(2)45-37(43)36(46-38(5,6)7)34-28(4)41-27(3)33(35(34)42-23-22-39(25-42)20-9-8-10-21-39)30-13-17-32(18-14-30)44-24-19-29-11-15-31(40)16-12-29/h11-18,26,36H,8-10,19-25H2,1-7H3. The Bertz CT molecular complexity index is 1490. The lowest BCUT2D eigenvalue weighted by atomic mass is 9.73. The number of hydrogen-bond acceptors (Lipinski definition) is 6. The molecule has 2 heterocycles. The molecule has 1 saturated heterocycles. The molecular formula is C39H51FN2O4. The average molecular weight is 631 g/mol. The highest BCUT2D eigenvalue weighted by Crippen LogP contribution is 2.50. The van der Waals surface area contributed by atoms with Crippen LogP contribution in [0.1, 0.15) is 102 Å². The van der Waals surface area contributed by atoms with Crippen molar-refractivity contribution >= 4 is 11.7 Å². The van der Waals surface area contributed by atoms with Gasteiger partial charge in [0.15, 0.2) is 6.10 Å². The summed E-state index contributed by atoms with van der Waals surface area (Å²) in [5.41, 5.74) is 6.32. The van der Waals surface area contributed by atoms with E-state index in [-0.39, 0.29) is 17.9 Å². The highest BCUT2D eigenvalue weighted by Gasteiger charge is 2.43. The number of rotatable bonds is 10. The number of aryl methyl sites for hydroxylation is 2. The molecule has 0 bridgehead atoms. The molecule has 3 aromatic rings. The molecule has 46 heavy (non-hydrogen) atoms. The van der Waals surface area contributed by atoms with E-state index in [1.807, 2.05) is 53.7 Å². The molecule has 0 radical (unpaired) electrons. The Labute approximate surface area is 274 Å². The zero-order chi connectivity index (χ0) is 33.1. The summed E-state index contributed by atoms with van der Waals surface area (Å²) in [4.78, 5) is 21.4. The first-order valence-corrected chi connectivity index (χ1v) is 17.0. The summed E-state index contributed by atoms with van der Waals surface area (Å²) in [6.45, 7) is 16.1. The molecule has 1 atom stereocenters. The van der Waals surface area contributed by atoms with E-state index in [2.05, 4.69) is 24.0 Å². The van der Waals surface area contributed by atoms with E-state index >= 15 is 0 Å². The SMILES string of the molecule is Cc1nc(C)c(C(OC(C)(C)C)C(=O)OC(C)C)c(N2CCC3(CCCCC3)C2)c1-c1ccc(OCCc2ccc(F)cc2)cc1. The molecule has 2 aromatic carbocycles. The second-order valence-corrected chi connectivity index (χ2v) is 14.5. The quantitative estimate of drug-likeness (QED) is 0.208. The van der Waals surface area contributed by atoms with Gasteiger partial charge in [-0.2, -0.15) is 0 Å². The van der Waals surface area contributed by atoms with E-state index in [1.165, 1.54) is 44.2 Å². The third-order valence-corrected chi connectivity index (χ3v) is 9.26. The summed E-state index contributed by atoms with van der Waals surface area (Å²) < 4.78 is 31.7. The molecule has 0 amide bonds.